The van der Waals surface area contributed by atoms with Crippen molar-refractivity contribution in [2.75, 3.05) is 5.32 Å². The molecule has 0 atom stereocenters. The van der Waals surface area contributed by atoms with Gasteiger partial charge in [0.1, 0.15) is 0 Å². The average molecular weight is 391 g/mol. The lowest BCUT2D eigenvalue weighted by Gasteiger charge is -2.06. The smallest absolute Gasteiger partial charge is 0.224 e. The van der Waals surface area contributed by atoms with Crippen LogP contribution in [0, 0.1) is 0 Å². The highest BCUT2D eigenvalue weighted by Gasteiger charge is 2.05. The fraction of sp³-hybridized carbons (Fsp3) is 0.565. The van der Waals surface area contributed by atoms with E-state index >= 15 is 0 Å². The van der Waals surface area contributed by atoms with Crippen molar-refractivity contribution in [1.82, 2.24) is 4.98 Å². The topological polar surface area (TPSA) is 42.0 Å². The SMILES string of the molecule is CCCCC/C=C\C/C=C\CCCCCCCC(=O)Nc1cccnc1Cl. The zero-order chi connectivity index (χ0) is 19.6. The molecule has 1 heterocycles. The highest BCUT2D eigenvalue weighted by atomic mass is 35.5. The van der Waals surface area contributed by atoms with Gasteiger partial charge in [-0.25, -0.2) is 4.98 Å². The standard InChI is InChI=1S/C23H35ClN2O/c1-2-3-4-5-6-7-8-9-10-11-12-13-14-15-16-19-22(27)26-21-18-17-20-25-23(21)24/h6-7,9-10,17-18,20H,2-5,8,11-16,19H2,1H3,(H,26,27)/b7-6-,10-9-. The monoisotopic (exact) mass is 390 g/mol. The number of carbonyl (C=O) groups excluding carboxylic acids is 1. The molecule has 0 saturated heterocycles. The van der Waals surface area contributed by atoms with Crippen molar-refractivity contribution in [1.29, 1.82) is 0 Å². The van der Waals surface area contributed by atoms with E-state index in [0.29, 0.717) is 17.3 Å². The van der Waals surface area contributed by atoms with Crippen LogP contribution in [0.1, 0.15) is 84.0 Å². The third-order valence-electron chi connectivity index (χ3n) is 4.39. The van der Waals surface area contributed by atoms with E-state index in [4.69, 9.17) is 11.6 Å². The lowest BCUT2D eigenvalue weighted by atomic mass is 10.1. The van der Waals surface area contributed by atoms with Crippen molar-refractivity contribution >= 4 is 23.2 Å². The number of hydrogen-bond acceptors (Lipinski definition) is 2. The van der Waals surface area contributed by atoms with Crippen LogP contribution in [0.5, 0.6) is 0 Å². The molecule has 0 spiro atoms. The van der Waals surface area contributed by atoms with E-state index in [9.17, 15) is 4.79 Å². The molecule has 0 aromatic carbocycles. The Kier molecular flexibility index (Phi) is 14.4. The zero-order valence-electron chi connectivity index (χ0n) is 16.8. The van der Waals surface area contributed by atoms with Crippen LogP contribution in [0.3, 0.4) is 0 Å². The molecule has 0 unspecified atom stereocenters. The predicted molar refractivity (Wildman–Crippen MR) is 117 cm³/mol. The van der Waals surface area contributed by atoms with Crippen molar-refractivity contribution in [3.63, 3.8) is 0 Å². The van der Waals surface area contributed by atoms with E-state index in [1.807, 2.05) is 0 Å². The summed E-state index contributed by atoms with van der Waals surface area (Å²) in [6.45, 7) is 2.24. The minimum absolute atomic E-state index is 0.00980. The second kappa shape index (κ2) is 16.6. The van der Waals surface area contributed by atoms with Gasteiger partial charge in [0.2, 0.25) is 5.91 Å². The number of carbonyl (C=O) groups is 1. The van der Waals surface area contributed by atoms with E-state index in [0.717, 1.165) is 25.7 Å². The molecule has 1 aromatic heterocycles. The van der Waals surface area contributed by atoms with Crippen LogP contribution >= 0.6 is 11.6 Å². The molecule has 0 radical (unpaired) electrons. The lowest BCUT2D eigenvalue weighted by Crippen LogP contribution is -2.11. The molecule has 3 nitrogen and oxygen atoms in total. The molecular formula is C23H35ClN2O. The van der Waals surface area contributed by atoms with Crippen LogP contribution in [0.4, 0.5) is 5.69 Å². The molecule has 0 bridgehead atoms. The highest BCUT2D eigenvalue weighted by molar-refractivity contribution is 6.32. The number of allylic oxidation sites excluding steroid dienone is 4. The maximum absolute atomic E-state index is 11.9. The second-order valence-electron chi connectivity index (χ2n) is 6.87. The molecule has 1 N–H and O–H groups in total. The zero-order valence-corrected chi connectivity index (χ0v) is 17.5. The highest BCUT2D eigenvalue weighted by Crippen LogP contribution is 2.18. The summed E-state index contributed by atoms with van der Waals surface area (Å²) < 4.78 is 0. The summed E-state index contributed by atoms with van der Waals surface area (Å²) in [5.74, 6) is 0.00980. The first-order valence-corrected chi connectivity index (χ1v) is 10.8. The summed E-state index contributed by atoms with van der Waals surface area (Å²) in [5, 5.41) is 3.15. The van der Waals surface area contributed by atoms with Gasteiger partial charge in [0.15, 0.2) is 5.15 Å². The summed E-state index contributed by atoms with van der Waals surface area (Å²) in [4.78, 5) is 15.8. The fourth-order valence-corrected chi connectivity index (χ4v) is 2.96. The summed E-state index contributed by atoms with van der Waals surface area (Å²) in [6.07, 6.45) is 24.3. The first-order chi connectivity index (χ1) is 13.2. The molecule has 150 valence electrons. The van der Waals surface area contributed by atoms with Gasteiger partial charge < -0.3 is 5.32 Å². The average Bonchev–Trinajstić information content (AvgIpc) is 2.66. The van der Waals surface area contributed by atoms with E-state index < -0.39 is 0 Å². The maximum Gasteiger partial charge on any atom is 0.224 e. The van der Waals surface area contributed by atoms with Gasteiger partial charge in [0.25, 0.3) is 0 Å². The molecule has 1 rings (SSSR count). The number of aromatic nitrogens is 1. The fourth-order valence-electron chi connectivity index (χ4n) is 2.79. The minimum Gasteiger partial charge on any atom is -0.323 e. The summed E-state index contributed by atoms with van der Waals surface area (Å²) in [5.41, 5.74) is 0.590. The number of halogens is 1. The van der Waals surface area contributed by atoms with E-state index in [1.54, 1.807) is 18.3 Å². The third kappa shape index (κ3) is 13.2. The van der Waals surface area contributed by atoms with Gasteiger partial charge >= 0.3 is 0 Å². The molecule has 0 aliphatic rings. The minimum atomic E-state index is 0.00980. The first-order valence-electron chi connectivity index (χ1n) is 10.4. The van der Waals surface area contributed by atoms with Crippen LogP contribution < -0.4 is 5.32 Å². The largest absolute Gasteiger partial charge is 0.323 e. The Bertz CT molecular complexity index is 569. The second-order valence-corrected chi connectivity index (χ2v) is 7.23. The first kappa shape index (κ1) is 23.4. The van der Waals surface area contributed by atoms with E-state index in [1.165, 1.54) is 44.9 Å². The third-order valence-corrected chi connectivity index (χ3v) is 4.69. The Morgan fingerprint density at radius 3 is 2.37 bits per heavy atom. The van der Waals surface area contributed by atoms with Crippen LogP contribution in [0.2, 0.25) is 5.15 Å². The van der Waals surface area contributed by atoms with Crippen molar-refractivity contribution in [3.05, 3.63) is 47.8 Å². The number of amides is 1. The summed E-state index contributed by atoms with van der Waals surface area (Å²) >= 11 is 5.93. The molecule has 1 aromatic rings. The Labute approximate surface area is 170 Å². The van der Waals surface area contributed by atoms with E-state index in [2.05, 4.69) is 41.5 Å². The number of pyridine rings is 1. The van der Waals surface area contributed by atoms with Gasteiger partial charge in [-0.1, -0.05) is 74.9 Å². The van der Waals surface area contributed by atoms with Gasteiger partial charge in [-0.05, 0) is 50.7 Å². The van der Waals surface area contributed by atoms with Gasteiger partial charge in [-0.3, -0.25) is 4.79 Å². The number of rotatable bonds is 15. The van der Waals surface area contributed by atoms with E-state index in [-0.39, 0.29) is 5.91 Å². The van der Waals surface area contributed by atoms with Gasteiger partial charge in [0.05, 0.1) is 5.69 Å². The maximum atomic E-state index is 11.9. The van der Waals surface area contributed by atoms with Gasteiger partial charge in [-0.2, -0.15) is 0 Å². The normalized spacial score (nSPS) is 11.5. The van der Waals surface area contributed by atoms with Crippen molar-refractivity contribution in [2.45, 2.75) is 84.0 Å². The predicted octanol–water partition coefficient (Wildman–Crippen LogP) is 7.49. The number of nitrogens with zero attached hydrogens (tertiary/aromatic N) is 1. The molecule has 0 fully saturated rings. The lowest BCUT2D eigenvalue weighted by molar-refractivity contribution is -0.116. The van der Waals surface area contributed by atoms with Crippen molar-refractivity contribution in [3.8, 4) is 0 Å². The van der Waals surface area contributed by atoms with Crippen LogP contribution in [0.25, 0.3) is 0 Å². The van der Waals surface area contributed by atoms with Crippen LogP contribution in [-0.4, -0.2) is 10.9 Å². The van der Waals surface area contributed by atoms with Crippen molar-refractivity contribution < 1.29 is 4.79 Å². The Morgan fingerprint density at radius 2 is 1.67 bits per heavy atom. The number of hydrogen-bond donors (Lipinski definition) is 1. The Balaban J connectivity index is 1.92. The molecular weight excluding hydrogens is 356 g/mol. The molecule has 0 aliphatic heterocycles. The molecule has 1 amide bonds. The quantitative estimate of drug-likeness (QED) is 0.191. The molecule has 0 aliphatic carbocycles. The van der Waals surface area contributed by atoms with Gasteiger partial charge in [-0.15, -0.1) is 0 Å². The summed E-state index contributed by atoms with van der Waals surface area (Å²) in [7, 11) is 0. The number of anilines is 1. The van der Waals surface area contributed by atoms with Crippen LogP contribution in [-0.2, 0) is 4.79 Å². The van der Waals surface area contributed by atoms with Crippen molar-refractivity contribution in [2.24, 2.45) is 0 Å². The Morgan fingerprint density at radius 1 is 1.00 bits per heavy atom. The Hall–Kier alpha value is -1.61. The molecule has 27 heavy (non-hydrogen) atoms. The summed E-state index contributed by atoms with van der Waals surface area (Å²) in [6, 6.07) is 3.53. The number of nitrogens with one attached hydrogen (secondary N) is 1. The molecule has 0 saturated carbocycles. The van der Waals surface area contributed by atoms with Gasteiger partial charge in [0, 0.05) is 12.6 Å². The van der Waals surface area contributed by atoms with Crippen LogP contribution in [0.15, 0.2) is 42.6 Å². The molecule has 4 heteroatoms. The number of unbranched alkanes of at least 4 members (excludes halogenated alkanes) is 8.